The second-order valence-electron chi connectivity index (χ2n) is 21.9. The van der Waals surface area contributed by atoms with E-state index in [-0.39, 0.29) is 0 Å². The Morgan fingerprint density at radius 2 is 0.787 bits per heavy atom. The lowest BCUT2D eigenvalue weighted by Crippen LogP contribution is -2.34. The van der Waals surface area contributed by atoms with Gasteiger partial charge in [0.15, 0.2) is 0 Å². The minimum atomic E-state index is -0.687. The van der Waals surface area contributed by atoms with Crippen molar-refractivity contribution in [2.75, 3.05) is 4.90 Å². The summed E-state index contributed by atoms with van der Waals surface area (Å²) < 4.78 is 14.2. The van der Waals surface area contributed by atoms with Gasteiger partial charge in [-0.05, 0) is 142 Å². The molecule has 15 rings (SSSR count). The van der Waals surface area contributed by atoms with Crippen LogP contribution in [-0.4, -0.2) is 0 Å². The molecule has 2 aliphatic heterocycles. The van der Waals surface area contributed by atoms with E-state index in [9.17, 15) is 0 Å². The van der Waals surface area contributed by atoms with E-state index in [0.29, 0.717) is 11.8 Å². The van der Waals surface area contributed by atoms with E-state index in [4.69, 9.17) is 9.47 Å². The van der Waals surface area contributed by atoms with Crippen molar-refractivity contribution >= 4 is 27.8 Å². The second kappa shape index (κ2) is 17.8. The van der Waals surface area contributed by atoms with Crippen molar-refractivity contribution in [1.29, 1.82) is 0 Å². The summed E-state index contributed by atoms with van der Waals surface area (Å²) in [6, 6.07) is 84.3. The Morgan fingerprint density at radius 3 is 1.35 bits per heavy atom. The van der Waals surface area contributed by atoms with Gasteiger partial charge in [0, 0.05) is 39.0 Å². The number of benzene rings is 10. The molecule has 0 atom stereocenters. The number of fused-ring (bicyclic) bond motifs is 12. The zero-order valence-electron chi connectivity index (χ0n) is 42.4. The van der Waals surface area contributed by atoms with Gasteiger partial charge in [-0.15, -0.1) is 0 Å². The summed E-state index contributed by atoms with van der Waals surface area (Å²) in [5.41, 5.74) is 17.3. The van der Waals surface area contributed by atoms with Gasteiger partial charge in [-0.25, -0.2) is 0 Å². The van der Waals surface area contributed by atoms with Crippen molar-refractivity contribution in [2.24, 2.45) is 0 Å². The average molecular weight is 970 g/mol. The van der Waals surface area contributed by atoms with Gasteiger partial charge in [-0.2, -0.15) is 0 Å². The number of para-hydroxylation sites is 2. The van der Waals surface area contributed by atoms with Crippen LogP contribution < -0.4 is 14.4 Å². The molecule has 2 saturated carbocycles. The predicted octanol–water partition coefficient (Wildman–Crippen LogP) is 19.4. The first kappa shape index (κ1) is 44.4. The van der Waals surface area contributed by atoms with E-state index in [2.05, 4.69) is 229 Å². The minimum Gasteiger partial charge on any atom is -0.457 e. The molecule has 0 saturated heterocycles. The molecule has 2 fully saturated rings. The summed E-state index contributed by atoms with van der Waals surface area (Å²) in [7, 11) is 0. The SMILES string of the molecule is c1ccc(C2(c3ccccc3)c3ccccc3Oc3ccc(N(c4ccc5c(c4)C4(c6ccccc6O5)c5cc(C6CCCCC6)ccc5-c5ccc(C6CCCCC6)cc54)c4cccc5ccccc45)cc32)cc1. The highest BCUT2D eigenvalue weighted by atomic mass is 16.5. The van der Waals surface area contributed by atoms with Gasteiger partial charge in [0.1, 0.15) is 23.0 Å². The van der Waals surface area contributed by atoms with Crippen LogP contribution in [0.4, 0.5) is 17.1 Å². The molecule has 0 N–H and O–H groups in total. The number of anilines is 3. The van der Waals surface area contributed by atoms with Crippen molar-refractivity contribution in [2.45, 2.75) is 86.9 Å². The fourth-order valence-electron chi connectivity index (χ4n) is 14.7. The maximum atomic E-state index is 7.20. The van der Waals surface area contributed by atoms with Gasteiger partial charge in [0.05, 0.1) is 16.5 Å². The standard InChI is InChI=1S/C72H59NO2/c1-5-20-48(21-6-1)51-36-40-58-59-41-37-52(49-22-7-2-8-23-49)45-63(59)72(62(58)44-51)61-32-16-18-35-68(61)75-70-43-39-56(47-65(70)72)73(66-33-19-25-50-24-13-14-30-57(50)66)55-38-42-69-64(46-55)71(53-26-9-3-10-27-53,54-28-11-4-12-29-54)60-31-15-17-34-67(60)74-69/h3-4,9-19,24-49H,1-2,5-8,20-23H2. The summed E-state index contributed by atoms with van der Waals surface area (Å²) >= 11 is 0. The molecule has 5 aliphatic rings. The third kappa shape index (κ3) is 6.79. The zero-order chi connectivity index (χ0) is 49.5. The third-order valence-corrected chi connectivity index (χ3v) is 18.0. The molecule has 75 heavy (non-hydrogen) atoms. The Morgan fingerprint density at radius 1 is 0.333 bits per heavy atom. The Hall–Kier alpha value is -8.14. The number of hydrogen-bond acceptors (Lipinski definition) is 3. The Balaban J connectivity index is 1.01. The molecule has 10 aromatic carbocycles. The van der Waals surface area contributed by atoms with E-state index < -0.39 is 10.8 Å². The van der Waals surface area contributed by atoms with Gasteiger partial charge in [-0.3, -0.25) is 0 Å². The van der Waals surface area contributed by atoms with Crippen LogP contribution in [-0.2, 0) is 10.8 Å². The fourth-order valence-corrected chi connectivity index (χ4v) is 14.7. The number of ether oxygens (including phenoxy) is 2. The van der Waals surface area contributed by atoms with E-state index in [1.54, 1.807) is 0 Å². The molecule has 3 heteroatoms. The van der Waals surface area contributed by atoms with E-state index in [1.165, 1.54) is 131 Å². The van der Waals surface area contributed by atoms with Crippen molar-refractivity contribution in [1.82, 2.24) is 0 Å². The minimum absolute atomic E-state index is 0.559. The third-order valence-electron chi connectivity index (χ3n) is 18.0. The van der Waals surface area contributed by atoms with Gasteiger partial charge >= 0.3 is 0 Å². The number of hydrogen-bond donors (Lipinski definition) is 0. The topological polar surface area (TPSA) is 21.7 Å². The molecule has 3 nitrogen and oxygen atoms in total. The highest BCUT2D eigenvalue weighted by molar-refractivity contribution is 6.00. The number of nitrogens with zero attached hydrogens (tertiary/aromatic N) is 1. The van der Waals surface area contributed by atoms with E-state index in [0.717, 1.165) is 51.2 Å². The van der Waals surface area contributed by atoms with Crippen LogP contribution in [0.15, 0.2) is 224 Å². The molecule has 10 aromatic rings. The highest BCUT2D eigenvalue weighted by Crippen LogP contribution is 2.64. The molecule has 3 aliphatic carbocycles. The summed E-state index contributed by atoms with van der Waals surface area (Å²) in [6.07, 6.45) is 12.8. The lowest BCUT2D eigenvalue weighted by atomic mass is 9.63. The molecule has 0 bridgehead atoms. The van der Waals surface area contributed by atoms with Crippen molar-refractivity contribution in [3.05, 3.63) is 280 Å². The maximum Gasteiger partial charge on any atom is 0.132 e. The van der Waals surface area contributed by atoms with Crippen LogP contribution in [0.25, 0.3) is 21.9 Å². The molecule has 2 heterocycles. The zero-order valence-corrected chi connectivity index (χ0v) is 42.4. The summed E-state index contributed by atoms with van der Waals surface area (Å²) in [5, 5.41) is 2.37. The summed E-state index contributed by atoms with van der Waals surface area (Å²) in [5.74, 6) is 4.67. The van der Waals surface area contributed by atoms with Gasteiger partial charge in [0.25, 0.3) is 0 Å². The van der Waals surface area contributed by atoms with Crippen LogP contribution >= 0.6 is 0 Å². The molecular weight excluding hydrogens is 911 g/mol. The maximum absolute atomic E-state index is 7.20. The molecule has 0 unspecified atom stereocenters. The quantitative estimate of drug-likeness (QED) is 0.159. The highest BCUT2D eigenvalue weighted by Gasteiger charge is 2.52. The van der Waals surface area contributed by atoms with E-state index in [1.807, 2.05) is 0 Å². The smallest absolute Gasteiger partial charge is 0.132 e. The molecule has 364 valence electrons. The monoisotopic (exact) mass is 969 g/mol. The molecule has 0 radical (unpaired) electrons. The van der Waals surface area contributed by atoms with Crippen LogP contribution in [0.3, 0.4) is 0 Å². The fraction of sp³-hybridized carbons (Fsp3) is 0.194. The van der Waals surface area contributed by atoms with Gasteiger partial charge in [0.2, 0.25) is 0 Å². The average Bonchev–Trinajstić information content (AvgIpc) is 3.77. The Labute approximate surface area is 441 Å². The number of rotatable bonds is 7. The first-order valence-electron chi connectivity index (χ1n) is 27.7. The molecule has 1 spiro atoms. The van der Waals surface area contributed by atoms with Crippen LogP contribution in [0.5, 0.6) is 23.0 Å². The lowest BCUT2D eigenvalue weighted by molar-refractivity contribution is 0.433. The van der Waals surface area contributed by atoms with E-state index >= 15 is 0 Å². The Kier molecular flexibility index (Phi) is 10.5. The largest absolute Gasteiger partial charge is 0.457 e. The summed E-state index contributed by atoms with van der Waals surface area (Å²) in [4.78, 5) is 2.51. The van der Waals surface area contributed by atoms with Gasteiger partial charge < -0.3 is 14.4 Å². The van der Waals surface area contributed by atoms with Crippen molar-refractivity contribution in [3.63, 3.8) is 0 Å². The van der Waals surface area contributed by atoms with Crippen LogP contribution in [0.1, 0.15) is 132 Å². The second-order valence-corrected chi connectivity index (χ2v) is 21.9. The first-order valence-corrected chi connectivity index (χ1v) is 27.7. The molecule has 0 amide bonds. The van der Waals surface area contributed by atoms with Gasteiger partial charge in [-0.1, -0.05) is 208 Å². The molecule has 0 aromatic heterocycles. The van der Waals surface area contributed by atoms with Crippen molar-refractivity contribution in [3.8, 4) is 34.1 Å². The predicted molar refractivity (Wildman–Crippen MR) is 306 cm³/mol. The lowest BCUT2D eigenvalue weighted by Gasteiger charge is -2.42. The van der Waals surface area contributed by atoms with Crippen molar-refractivity contribution < 1.29 is 9.47 Å². The Bertz CT molecular complexity index is 3710. The molecular formula is C72H59NO2. The first-order chi connectivity index (χ1) is 37.2. The van der Waals surface area contributed by atoms with Crippen LogP contribution in [0.2, 0.25) is 0 Å². The van der Waals surface area contributed by atoms with Crippen LogP contribution in [0, 0.1) is 0 Å². The normalized spacial score (nSPS) is 16.9. The summed E-state index contributed by atoms with van der Waals surface area (Å²) in [6.45, 7) is 0.